The summed E-state index contributed by atoms with van der Waals surface area (Å²) in [7, 11) is 5.81. The lowest BCUT2D eigenvalue weighted by atomic mass is 9.99. The molecular weight excluding hydrogens is 1600 g/mol. The van der Waals surface area contributed by atoms with E-state index in [-0.39, 0.29) is 6.09 Å². The van der Waals surface area contributed by atoms with Gasteiger partial charge in [-0.05, 0) is 191 Å². The number of aromatic nitrogens is 15. The minimum Gasteiger partial charge on any atom is -0.444 e. The van der Waals surface area contributed by atoms with Crippen molar-refractivity contribution in [2.24, 2.45) is 21.1 Å². The van der Waals surface area contributed by atoms with Crippen LogP contribution in [0.25, 0.3) is 89.0 Å². The van der Waals surface area contributed by atoms with E-state index in [4.69, 9.17) is 9.47 Å². The first-order chi connectivity index (χ1) is 62.6. The average molecular weight is 1710 g/mol. The molecule has 0 radical (unpaired) electrons. The van der Waals surface area contributed by atoms with E-state index in [1.807, 2.05) is 118 Å². The first-order valence-electron chi connectivity index (χ1n) is 44.5. The second-order valence-electron chi connectivity index (χ2n) is 34.6. The Labute approximate surface area is 745 Å². The Balaban J connectivity index is 0.000000111. The summed E-state index contributed by atoms with van der Waals surface area (Å²) in [5.41, 5.74) is 32.0. The minimum absolute atomic E-state index is 0.226. The minimum atomic E-state index is -0.465. The number of nitrogens with one attached hydrogen (secondary N) is 6. The van der Waals surface area contributed by atoms with Gasteiger partial charge < -0.3 is 56.1 Å². The maximum absolute atomic E-state index is 12.3. The molecule has 14 aromatic rings. The molecule has 12 heterocycles. The van der Waals surface area contributed by atoms with Crippen LogP contribution in [-0.2, 0) is 56.3 Å². The summed E-state index contributed by atoms with van der Waals surface area (Å²) in [6, 6.07) is 47.8. The monoisotopic (exact) mass is 1710 g/mol. The predicted octanol–water partition coefficient (Wildman–Crippen LogP) is 13.9. The summed E-state index contributed by atoms with van der Waals surface area (Å²) in [5, 5.41) is 33.9. The van der Waals surface area contributed by atoms with E-state index in [0.29, 0.717) is 13.1 Å². The van der Waals surface area contributed by atoms with E-state index in [2.05, 4.69) is 233 Å². The second-order valence-corrected chi connectivity index (χ2v) is 34.6. The molecule has 6 N–H and O–H groups in total. The molecule has 4 fully saturated rings. The van der Waals surface area contributed by atoms with Crippen molar-refractivity contribution in [1.82, 2.24) is 99.5 Å². The lowest BCUT2D eigenvalue weighted by molar-refractivity contribution is 0.0148. The Bertz CT molecular complexity index is 6260. The van der Waals surface area contributed by atoms with Gasteiger partial charge in [0, 0.05) is 251 Å². The third-order valence-corrected chi connectivity index (χ3v) is 24.8. The van der Waals surface area contributed by atoms with Crippen LogP contribution in [0.1, 0.15) is 72.2 Å². The lowest BCUT2D eigenvalue weighted by Crippen LogP contribution is -2.50. The molecule has 0 spiro atoms. The number of nitrogens with zero attached hydrogens (tertiary/aromatic N) is 20. The number of amides is 1. The number of morpholine rings is 1. The third-order valence-electron chi connectivity index (χ3n) is 24.8. The molecule has 652 valence electrons. The van der Waals surface area contributed by atoms with Gasteiger partial charge >= 0.3 is 6.09 Å². The van der Waals surface area contributed by atoms with Gasteiger partial charge in [-0.3, -0.25) is 28.8 Å². The third kappa shape index (κ3) is 19.2. The van der Waals surface area contributed by atoms with Crippen LogP contribution < -0.4 is 41.7 Å². The molecule has 4 aliphatic carbocycles. The second kappa shape index (κ2) is 37.8. The molecule has 0 bridgehead atoms. The predicted molar refractivity (Wildman–Crippen MR) is 504 cm³/mol. The number of ether oxygens (including phenoxy) is 2. The zero-order chi connectivity index (χ0) is 87.0. The van der Waals surface area contributed by atoms with Gasteiger partial charge in [0.25, 0.3) is 0 Å². The van der Waals surface area contributed by atoms with Crippen molar-refractivity contribution in [2.75, 3.05) is 162 Å². The molecule has 6 aromatic carbocycles. The smallest absolute Gasteiger partial charge is 0.410 e. The highest BCUT2D eigenvalue weighted by atomic mass is 16.6. The largest absolute Gasteiger partial charge is 0.444 e. The summed E-state index contributed by atoms with van der Waals surface area (Å²) in [4.78, 5) is 64.5. The maximum Gasteiger partial charge on any atom is 0.410 e. The average Bonchev–Trinajstić information content (AvgIpc) is 1.62. The first-order valence-corrected chi connectivity index (χ1v) is 44.5. The number of hydrogen-bond acceptors (Lipinski definition) is 25. The van der Waals surface area contributed by atoms with Crippen molar-refractivity contribution >= 4 is 52.1 Å². The molecule has 29 nitrogen and oxygen atoms in total. The molecule has 8 aliphatic rings. The number of pyridine rings is 1. The van der Waals surface area contributed by atoms with E-state index in [1.54, 1.807) is 30.2 Å². The van der Waals surface area contributed by atoms with Crippen LogP contribution in [0.4, 0.5) is 50.8 Å². The molecule has 4 aliphatic heterocycles. The van der Waals surface area contributed by atoms with Crippen molar-refractivity contribution in [1.29, 1.82) is 0 Å². The fraction of sp³-hybridized carbons (Fsp3) is 0.323. The van der Waals surface area contributed by atoms with E-state index < -0.39 is 5.60 Å². The Morgan fingerprint density at radius 3 is 1.17 bits per heavy atom. The number of hydrogen-bond donors (Lipinski definition) is 6. The molecule has 0 saturated carbocycles. The van der Waals surface area contributed by atoms with Crippen LogP contribution in [0.5, 0.6) is 0 Å². The van der Waals surface area contributed by atoms with Crippen molar-refractivity contribution in [2.45, 2.75) is 58.5 Å². The van der Waals surface area contributed by atoms with Gasteiger partial charge in [-0.1, -0.05) is 48.5 Å². The summed E-state index contributed by atoms with van der Waals surface area (Å²) in [6.07, 6.45) is 26.3. The fourth-order valence-corrected chi connectivity index (χ4v) is 18.1. The summed E-state index contributed by atoms with van der Waals surface area (Å²) in [5.74, 6) is 3.53. The molecule has 0 unspecified atom stereocenters. The topological polar surface area (TPSA) is 293 Å². The highest BCUT2D eigenvalue weighted by Crippen LogP contribution is 2.47. The van der Waals surface area contributed by atoms with E-state index >= 15 is 0 Å². The Morgan fingerprint density at radius 2 is 0.781 bits per heavy atom. The summed E-state index contributed by atoms with van der Waals surface area (Å²) in [6.45, 7) is 24.5. The van der Waals surface area contributed by atoms with Gasteiger partial charge in [0.2, 0.25) is 0 Å². The normalized spacial score (nSPS) is 15.2. The van der Waals surface area contributed by atoms with Crippen molar-refractivity contribution in [3.05, 3.63) is 253 Å². The number of carbonyl (C=O) groups excluding carboxylic acids is 1. The van der Waals surface area contributed by atoms with Crippen LogP contribution in [-0.4, -0.2) is 232 Å². The molecule has 29 heteroatoms. The Kier molecular flexibility index (Phi) is 24.8. The number of aryl methyl sites for hydroxylation is 3. The van der Waals surface area contributed by atoms with Gasteiger partial charge in [-0.2, -0.15) is 15.3 Å². The Hall–Kier alpha value is -13.7. The number of rotatable bonds is 19. The SMILES string of the molecule is Cn1cc(-c2ccc3c(c2)-c2c(ncnc2NCCCN2CCOCC2)C3)cn1.Cn1cc(-c2ccc3c(c2)-c2c(ncnc2NCCN2CCN(C(=O)OC(C)(C)C)CC2)C3)cn1.Cn1cc(-c2ccc3c(c2)-c2c(ncnc2Nc2ccc(N4CCNCC4)cc2)C3)cn1.c1cc(-c2ccc3c(c2)-c2c(ncnc2Nc2ccc(N4CCNCC4)cc2)C3)ccn1. The van der Waals surface area contributed by atoms with Crippen LogP contribution >= 0.6 is 0 Å². The van der Waals surface area contributed by atoms with Gasteiger partial charge in [-0.25, -0.2) is 44.7 Å². The van der Waals surface area contributed by atoms with E-state index in [0.717, 1.165) is 263 Å². The number of carbonyl (C=O) groups is 1. The molecule has 1 amide bonds. The molecule has 4 saturated heterocycles. The zero-order valence-corrected chi connectivity index (χ0v) is 73.5. The number of benzene rings is 6. The molecule has 8 aromatic heterocycles. The van der Waals surface area contributed by atoms with E-state index in [9.17, 15) is 4.79 Å². The molecular formula is C99H108N26O3. The van der Waals surface area contributed by atoms with E-state index in [1.165, 1.54) is 67.0 Å². The molecule has 128 heavy (non-hydrogen) atoms. The van der Waals surface area contributed by atoms with Crippen LogP contribution in [0.2, 0.25) is 0 Å². The summed E-state index contributed by atoms with van der Waals surface area (Å²) < 4.78 is 16.4. The highest BCUT2D eigenvalue weighted by molar-refractivity contribution is 5.92. The number of fused-ring (bicyclic) bond motifs is 12. The van der Waals surface area contributed by atoms with Crippen LogP contribution in [0.3, 0.4) is 0 Å². The van der Waals surface area contributed by atoms with Crippen molar-refractivity contribution < 1.29 is 14.3 Å². The highest BCUT2D eigenvalue weighted by Gasteiger charge is 2.32. The van der Waals surface area contributed by atoms with Gasteiger partial charge in [0.05, 0.1) is 54.6 Å². The first kappa shape index (κ1) is 83.8. The number of piperazine rings is 3. The van der Waals surface area contributed by atoms with Crippen LogP contribution in [0, 0.1) is 0 Å². The lowest BCUT2D eigenvalue weighted by Gasteiger charge is -2.35. The Morgan fingerprint density at radius 1 is 0.406 bits per heavy atom. The van der Waals surface area contributed by atoms with Crippen molar-refractivity contribution in [3.8, 4) is 89.0 Å². The van der Waals surface area contributed by atoms with Crippen molar-refractivity contribution in [3.63, 3.8) is 0 Å². The van der Waals surface area contributed by atoms with Gasteiger partial charge in [-0.15, -0.1) is 0 Å². The number of anilines is 8. The standard InChI is InChI=1S/C26H33N7O2.C26H24N6.C25H25N7.C22H26N6O/c1-26(2,3)35-25(34)33-11-9-32(10-12-33)8-7-27-24-23-21-13-18(20-15-30-31(4)16-20)5-6-19(21)14-22(23)28-17-29-24;1-2-20-16-24-25(23(20)15-19(1)18-7-9-27-10-8-18)26(30-17-29-24)31-21-3-5-22(6-4-21)32-13-11-28-12-14-32;1-31-15-19(14-29-31)17-2-3-18-13-23-24(22(18)12-17)25(28-16-27-23)30-20-4-6-21(7-5-20)32-10-8-26-9-11-32;1-27-14-18(13-26-27)16-3-4-17-12-20-21(19(17)11-16)22(25-15-24-20)23-5-2-6-28-7-9-29-10-8-28/h5-6,13,15-17H,7-12,14H2,1-4H3,(H,27,28,29);1-10,15,17,28H,11-14,16H2,(H,29,30,31);2-7,12,14-16,26H,8-11,13H2,1H3,(H,27,28,30);3-4,11,13-15H,2,5-10,12H2,1H3,(H,23,24,25). The molecule has 0 atom stereocenters. The van der Waals surface area contributed by atoms with Crippen LogP contribution in [0.15, 0.2) is 208 Å². The molecule has 22 rings (SSSR count). The fourth-order valence-electron chi connectivity index (χ4n) is 18.1. The van der Waals surface area contributed by atoms with Gasteiger partial charge in [0.1, 0.15) is 54.2 Å². The zero-order valence-electron chi connectivity index (χ0n) is 73.5. The summed E-state index contributed by atoms with van der Waals surface area (Å²) >= 11 is 0. The van der Waals surface area contributed by atoms with Gasteiger partial charge in [0.15, 0.2) is 0 Å². The maximum atomic E-state index is 12.3. The quantitative estimate of drug-likeness (QED) is 0.0410.